The molecular weight excluding hydrogens is 326 g/mol. The number of rotatable bonds is 4. The molecule has 2 aliphatic rings. The Labute approximate surface area is 152 Å². The van der Waals surface area contributed by atoms with E-state index in [1.54, 1.807) is 6.07 Å². The van der Waals surface area contributed by atoms with Crippen molar-refractivity contribution in [1.29, 1.82) is 0 Å². The van der Waals surface area contributed by atoms with E-state index in [1.807, 2.05) is 24.3 Å². The third-order valence-corrected chi connectivity index (χ3v) is 5.16. The molecule has 26 heavy (non-hydrogen) atoms. The summed E-state index contributed by atoms with van der Waals surface area (Å²) in [5.74, 6) is -0.445. The summed E-state index contributed by atoms with van der Waals surface area (Å²) < 4.78 is 0. The summed E-state index contributed by atoms with van der Waals surface area (Å²) in [6, 6.07) is 12.5. The van der Waals surface area contributed by atoms with Gasteiger partial charge in [0.2, 0.25) is 5.91 Å². The monoisotopic (exact) mass is 347 g/mol. The van der Waals surface area contributed by atoms with Crippen molar-refractivity contribution in [2.24, 2.45) is 0 Å². The zero-order valence-corrected chi connectivity index (χ0v) is 14.4. The molecule has 4 heteroatoms. The summed E-state index contributed by atoms with van der Waals surface area (Å²) in [6.45, 7) is 0. The first-order valence-corrected chi connectivity index (χ1v) is 8.90. The second-order valence-corrected chi connectivity index (χ2v) is 6.96. The lowest BCUT2D eigenvalue weighted by Crippen LogP contribution is -2.27. The average molecular weight is 347 g/mol. The molecule has 4 nitrogen and oxygen atoms in total. The maximum Gasteiger partial charge on any atom is 0.235 e. The number of carbonyl (C=O) groups is 1. The maximum atomic E-state index is 12.9. The van der Waals surface area contributed by atoms with Crippen LogP contribution in [0.25, 0.3) is 5.57 Å². The van der Waals surface area contributed by atoms with Crippen LogP contribution in [0.5, 0.6) is 11.5 Å². The van der Waals surface area contributed by atoms with Crippen LogP contribution >= 0.6 is 0 Å². The van der Waals surface area contributed by atoms with Gasteiger partial charge in [0.05, 0.1) is 5.41 Å². The third kappa shape index (κ3) is 2.99. The Kier molecular flexibility index (Phi) is 4.03. The van der Waals surface area contributed by atoms with E-state index in [9.17, 15) is 15.0 Å². The number of phenolic OH excluding ortho intramolecular Hbond substituents is 2. The molecule has 132 valence electrons. The zero-order chi connectivity index (χ0) is 18.1. The van der Waals surface area contributed by atoms with Crippen LogP contribution in [-0.4, -0.2) is 16.1 Å². The van der Waals surface area contributed by atoms with E-state index >= 15 is 0 Å². The Hall–Kier alpha value is -3.01. The zero-order valence-electron chi connectivity index (χ0n) is 14.4. The van der Waals surface area contributed by atoms with E-state index in [1.165, 1.54) is 17.7 Å². The highest BCUT2D eigenvalue weighted by atomic mass is 16.3. The van der Waals surface area contributed by atoms with Gasteiger partial charge in [-0.1, -0.05) is 36.4 Å². The maximum absolute atomic E-state index is 12.9. The van der Waals surface area contributed by atoms with Gasteiger partial charge in [-0.25, -0.2) is 0 Å². The van der Waals surface area contributed by atoms with Gasteiger partial charge >= 0.3 is 0 Å². The van der Waals surface area contributed by atoms with Gasteiger partial charge in [-0.3, -0.25) is 4.79 Å². The van der Waals surface area contributed by atoms with Crippen LogP contribution < -0.4 is 5.32 Å². The summed E-state index contributed by atoms with van der Waals surface area (Å²) in [5, 5.41) is 22.3. The molecule has 0 unspecified atom stereocenters. The van der Waals surface area contributed by atoms with Gasteiger partial charge in [-0.2, -0.15) is 0 Å². The van der Waals surface area contributed by atoms with E-state index in [0.29, 0.717) is 0 Å². The minimum absolute atomic E-state index is 0.0760. The normalized spacial score (nSPS) is 17.5. The van der Waals surface area contributed by atoms with Crippen molar-refractivity contribution in [3.05, 3.63) is 71.8 Å². The predicted molar refractivity (Wildman–Crippen MR) is 102 cm³/mol. The second-order valence-electron chi connectivity index (χ2n) is 6.96. The van der Waals surface area contributed by atoms with Crippen molar-refractivity contribution in [3.63, 3.8) is 0 Å². The van der Waals surface area contributed by atoms with Gasteiger partial charge < -0.3 is 15.5 Å². The van der Waals surface area contributed by atoms with E-state index in [4.69, 9.17) is 0 Å². The minimum atomic E-state index is -0.620. The molecule has 2 aromatic rings. The number of allylic oxidation sites excluding steroid dienone is 4. The quantitative estimate of drug-likeness (QED) is 0.713. The number of amides is 1. The molecule has 0 saturated heterocycles. The van der Waals surface area contributed by atoms with Crippen molar-refractivity contribution in [2.75, 3.05) is 5.32 Å². The van der Waals surface area contributed by atoms with Gasteiger partial charge in [-0.15, -0.1) is 0 Å². The summed E-state index contributed by atoms with van der Waals surface area (Å²) in [4.78, 5) is 12.9. The van der Waals surface area contributed by atoms with Gasteiger partial charge in [-0.05, 0) is 66.6 Å². The second kappa shape index (κ2) is 6.37. The highest BCUT2D eigenvalue weighted by molar-refractivity contribution is 6.01. The number of anilines is 1. The smallest absolute Gasteiger partial charge is 0.235 e. The van der Waals surface area contributed by atoms with Crippen LogP contribution in [-0.2, 0) is 10.2 Å². The standard InChI is InChI=1S/C22H21NO3/c24-19-10-9-17(14-20(19)25)22(11-12-22)21(26)23-18-8-4-7-16(13-18)15-5-2-1-3-6-15/h2,4-10,13-14,24-25H,1,3,11-12H2,(H,23,26). The highest BCUT2D eigenvalue weighted by Crippen LogP contribution is 2.50. The average Bonchev–Trinajstić information content (AvgIpc) is 3.47. The van der Waals surface area contributed by atoms with Gasteiger partial charge in [0.25, 0.3) is 0 Å². The number of carbonyl (C=O) groups excluding carboxylic acids is 1. The molecule has 1 amide bonds. The molecular formula is C22H21NO3. The fraction of sp³-hybridized carbons (Fsp3) is 0.227. The van der Waals surface area contributed by atoms with Crippen LogP contribution in [0.2, 0.25) is 0 Å². The van der Waals surface area contributed by atoms with Gasteiger partial charge in [0.15, 0.2) is 11.5 Å². The van der Waals surface area contributed by atoms with E-state index < -0.39 is 5.41 Å². The predicted octanol–water partition coefficient (Wildman–Crippen LogP) is 4.50. The van der Waals surface area contributed by atoms with Crippen LogP contribution in [0.15, 0.2) is 60.7 Å². The largest absolute Gasteiger partial charge is 0.504 e. The first kappa shape index (κ1) is 16.5. The number of nitrogens with one attached hydrogen (secondary N) is 1. The molecule has 0 aromatic heterocycles. The van der Waals surface area contributed by atoms with E-state index in [2.05, 4.69) is 23.5 Å². The molecule has 0 heterocycles. The summed E-state index contributed by atoms with van der Waals surface area (Å²) in [6.07, 6.45) is 10.1. The number of phenols is 2. The topological polar surface area (TPSA) is 69.6 Å². The first-order valence-electron chi connectivity index (χ1n) is 8.90. The number of hydrogen-bond acceptors (Lipinski definition) is 3. The van der Waals surface area contributed by atoms with Crippen LogP contribution in [0.3, 0.4) is 0 Å². The molecule has 2 aliphatic carbocycles. The molecule has 0 radical (unpaired) electrons. The molecule has 0 spiro atoms. The van der Waals surface area contributed by atoms with Crippen molar-refractivity contribution in [3.8, 4) is 11.5 Å². The fourth-order valence-electron chi connectivity index (χ4n) is 3.45. The number of benzene rings is 2. The fourth-order valence-corrected chi connectivity index (χ4v) is 3.45. The van der Waals surface area contributed by atoms with Crippen LogP contribution in [0, 0.1) is 0 Å². The van der Waals surface area contributed by atoms with E-state index in [0.717, 1.165) is 42.5 Å². The molecule has 4 rings (SSSR count). The van der Waals surface area contributed by atoms with Crippen molar-refractivity contribution < 1.29 is 15.0 Å². The van der Waals surface area contributed by atoms with Gasteiger partial charge in [0, 0.05) is 5.69 Å². The summed E-state index contributed by atoms with van der Waals surface area (Å²) in [5.41, 5.74) is 3.15. The molecule has 1 fully saturated rings. The SMILES string of the molecule is O=C(Nc1cccc(C2=CCCC=C2)c1)C1(c2ccc(O)c(O)c2)CC1. The van der Waals surface area contributed by atoms with Gasteiger partial charge in [0.1, 0.15) is 0 Å². The van der Waals surface area contributed by atoms with Crippen LogP contribution in [0.1, 0.15) is 36.8 Å². The Bertz CT molecular complexity index is 923. The molecule has 0 aliphatic heterocycles. The van der Waals surface area contributed by atoms with Crippen molar-refractivity contribution in [1.82, 2.24) is 0 Å². The lowest BCUT2D eigenvalue weighted by atomic mass is 9.94. The molecule has 0 atom stereocenters. The molecule has 3 N–H and O–H groups in total. The highest BCUT2D eigenvalue weighted by Gasteiger charge is 2.51. The Morgan fingerprint density at radius 2 is 1.85 bits per heavy atom. The molecule has 2 aromatic carbocycles. The summed E-state index contributed by atoms with van der Waals surface area (Å²) >= 11 is 0. The number of hydrogen-bond donors (Lipinski definition) is 3. The first-order chi connectivity index (χ1) is 12.6. The molecule has 1 saturated carbocycles. The Morgan fingerprint density at radius 3 is 2.54 bits per heavy atom. The third-order valence-electron chi connectivity index (χ3n) is 5.16. The summed E-state index contributed by atoms with van der Waals surface area (Å²) in [7, 11) is 0. The minimum Gasteiger partial charge on any atom is -0.504 e. The lowest BCUT2D eigenvalue weighted by Gasteiger charge is -2.17. The van der Waals surface area contributed by atoms with Crippen molar-refractivity contribution in [2.45, 2.75) is 31.1 Å². The van der Waals surface area contributed by atoms with Crippen molar-refractivity contribution >= 4 is 17.2 Å². The molecule has 0 bridgehead atoms. The Balaban J connectivity index is 1.56. The number of aromatic hydroxyl groups is 2. The Morgan fingerprint density at radius 1 is 1.00 bits per heavy atom. The lowest BCUT2D eigenvalue weighted by molar-refractivity contribution is -0.118. The van der Waals surface area contributed by atoms with Crippen LogP contribution in [0.4, 0.5) is 5.69 Å². The van der Waals surface area contributed by atoms with E-state index in [-0.39, 0.29) is 17.4 Å².